The number of aliphatic imine (C=N–C) groups is 1. The van der Waals surface area contributed by atoms with Crippen molar-refractivity contribution >= 4 is 23.7 Å². The van der Waals surface area contributed by atoms with Crippen LogP contribution in [0.5, 0.6) is 11.5 Å². The molecule has 2 aromatic rings. The topological polar surface area (TPSA) is 106 Å². The monoisotopic (exact) mass is 467 g/mol. The van der Waals surface area contributed by atoms with Gasteiger partial charge in [0, 0.05) is 44.0 Å². The molecule has 1 aromatic carbocycles. The van der Waals surface area contributed by atoms with E-state index in [1.54, 1.807) is 38.4 Å². The number of amides is 1. The zero-order chi connectivity index (χ0) is 24.1. The zero-order valence-electron chi connectivity index (χ0n) is 19.6. The fraction of sp³-hybridized carbons (Fsp3) is 0.417. The Kier molecular flexibility index (Phi) is 7.15. The van der Waals surface area contributed by atoms with Gasteiger partial charge in [0.2, 0.25) is 11.9 Å². The molecule has 10 nitrogen and oxygen atoms in total. The van der Waals surface area contributed by atoms with E-state index in [0.717, 1.165) is 18.9 Å². The molecule has 180 valence electrons. The van der Waals surface area contributed by atoms with Crippen molar-refractivity contribution in [2.75, 3.05) is 51.9 Å². The van der Waals surface area contributed by atoms with Crippen molar-refractivity contribution in [2.45, 2.75) is 13.0 Å². The minimum absolute atomic E-state index is 0.168. The van der Waals surface area contributed by atoms with Crippen molar-refractivity contribution < 1.29 is 23.8 Å². The molecule has 0 spiro atoms. The van der Waals surface area contributed by atoms with Crippen molar-refractivity contribution in [3.05, 3.63) is 48.2 Å². The summed E-state index contributed by atoms with van der Waals surface area (Å²) in [6, 6.07) is 10.3. The number of carbonyl (C=O) groups is 2. The van der Waals surface area contributed by atoms with Crippen LogP contribution >= 0.6 is 0 Å². The number of hydrogen-bond acceptors (Lipinski definition) is 9. The van der Waals surface area contributed by atoms with Crippen LogP contribution in [-0.2, 0) is 14.3 Å². The molecule has 1 aromatic heterocycles. The number of esters is 1. The van der Waals surface area contributed by atoms with Gasteiger partial charge < -0.3 is 24.0 Å². The largest absolute Gasteiger partial charge is 0.497 e. The van der Waals surface area contributed by atoms with Gasteiger partial charge in [-0.25, -0.2) is 9.98 Å². The van der Waals surface area contributed by atoms with E-state index < -0.39 is 23.8 Å². The maximum absolute atomic E-state index is 13.2. The Balaban J connectivity index is 1.63. The molecule has 1 N–H and O–H groups in total. The Hall–Kier alpha value is -3.82. The number of carbonyl (C=O) groups excluding carboxylic acids is 2. The second-order valence-corrected chi connectivity index (χ2v) is 7.89. The lowest BCUT2D eigenvalue weighted by atomic mass is 9.90. The zero-order valence-corrected chi connectivity index (χ0v) is 19.6. The second kappa shape index (κ2) is 10.4. The van der Waals surface area contributed by atoms with Crippen molar-refractivity contribution in [3.8, 4) is 11.5 Å². The fourth-order valence-electron chi connectivity index (χ4n) is 4.20. The minimum atomic E-state index is -1.12. The Morgan fingerprint density at radius 1 is 1.09 bits per heavy atom. The molecule has 34 heavy (non-hydrogen) atoms. The molecule has 10 heteroatoms. The van der Waals surface area contributed by atoms with E-state index in [1.807, 2.05) is 23.1 Å². The Morgan fingerprint density at radius 3 is 2.50 bits per heavy atom. The maximum atomic E-state index is 13.2. The summed E-state index contributed by atoms with van der Waals surface area (Å²) in [4.78, 5) is 39.3. The van der Waals surface area contributed by atoms with E-state index in [2.05, 4.69) is 15.2 Å². The van der Waals surface area contributed by atoms with Gasteiger partial charge in [0.1, 0.15) is 23.4 Å². The molecule has 0 saturated carbocycles. The normalized spacial score (nSPS) is 20.3. The molecule has 0 bridgehead atoms. The van der Waals surface area contributed by atoms with Crippen LogP contribution < -0.4 is 19.7 Å². The summed E-state index contributed by atoms with van der Waals surface area (Å²) < 4.78 is 16.0. The van der Waals surface area contributed by atoms with Crippen LogP contribution in [0.1, 0.15) is 18.5 Å². The number of guanidine groups is 1. The third kappa shape index (κ3) is 4.75. The number of benzene rings is 1. The van der Waals surface area contributed by atoms with Gasteiger partial charge >= 0.3 is 5.97 Å². The van der Waals surface area contributed by atoms with Gasteiger partial charge in [-0.15, -0.1) is 0 Å². The molecule has 0 radical (unpaired) electrons. The Labute approximate surface area is 198 Å². The summed E-state index contributed by atoms with van der Waals surface area (Å²) >= 11 is 0. The molecule has 2 atom stereocenters. The van der Waals surface area contributed by atoms with Crippen LogP contribution in [0.25, 0.3) is 0 Å². The van der Waals surface area contributed by atoms with E-state index in [9.17, 15) is 9.59 Å². The molecular formula is C24H29N5O5. The number of methoxy groups -OCH3 is 2. The van der Waals surface area contributed by atoms with Crippen LogP contribution in [0, 0.1) is 5.92 Å². The summed E-state index contributed by atoms with van der Waals surface area (Å²) in [6.45, 7) is 4.62. The minimum Gasteiger partial charge on any atom is -0.497 e. The first-order chi connectivity index (χ1) is 16.5. The first-order valence-electron chi connectivity index (χ1n) is 11.2. The highest BCUT2D eigenvalue weighted by Crippen LogP contribution is 2.38. The van der Waals surface area contributed by atoms with Crippen LogP contribution in [0.4, 0.5) is 5.82 Å². The first-order valence-corrected chi connectivity index (χ1v) is 11.2. The number of rotatable bonds is 6. The molecule has 1 fully saturated rings. The van der Waals surface area contributed by atoms with Gasteiger partial charge in [0.05, 0.1) is 20.8 Å². The van der Waals surface area contributed by atoms with Gasteiger partial charge in [-0.1, -0.05) is 6.07 Å². The highest BCUT2D eigenvalue weighted by molar-refractivity contribution is 6.08. The fourth-order valence-corrected chi connectivity index (χ4v) is 4.20. The second-order valence-electron chi connectivity index (χ2n) is 7.89. The van der Waals surface area contributed by atoms with Gasteiger partial charge in [-0.2, -0.15) is 0 Å². The lowest BCUT2D eigenvalue weighted by molar-refractivity contribution is -0.153. The molecule has 2 aliphatic heterocycles. The molecule has 1 amide bonds. The van der Waals surface area contributed by atoms with Crippen molar-refractivity contribution in [1.29, 1.82) is 0 Å². The molecule has 3 heterocycles. The Morgan fingerprint density at radius 2 is 1.85 bits per heavy atom. The third-order valence-corrected chi connectivity index (χ3v) is 5.95. The van der Waals surface area contributed by atoms with Crippen LogP contribution in [0.2, 0.25) is 0 Å². The van der Waals surface area contributed by atoms with Gasteiger partial charge in [0.15, 0.2) is 5.92 Å². The van der Waals surface area contributed by atoms with E-state index in [4.69, 9.17) is 19.2 Å². The SMILES string of the molecule is CCOC(=O)[C@H]1C(=O)NC(N2CCN(c3ccccn3)CC2)=N[C@H]1c1ccc(OC)cc1OC. The predicted molar refractivity (Wildman–Crippen MR) is 126 cm³/mol. The highest BCUT2D eigenvalue weighted by atomic mass is 16.5. The van der Waals surface area contributed by atoms with E-state index in [1.165, 1.54) is 7.11 Å². The van der Waals surface area contributed by atoms with Crippen molar-refractivity contribution in [2.24, 2.45) is 10.9 Å². The molecule has 0 aliphatic carbocycles. The number of pyridine rings is 1. The highest BCUT2D eigenvalue weighted by Gasteiger charge is 2.43. The third-order valence-electron chi connectivity index (χ3n) is 5.95. The smallest absolute Gasteiger partial charge is 0.321 e. The van der Waals surface area contributed by atoms with Gasteiger partial charge in [-0.05, 0) is 31.2 Å². The number of ether oxygens (including phenoxy) is 3. The average Bonchev–Trinajstić information content (AvgIpc) is 2.88. The van der Waals surface area contributed by atoms with Crippen LogP contribution in [0.3, 0.4) is 0 Å². The quantitative estimate of drug-likeness (QED) is 0.505. The number of nitrogens with one attached hydrogen (secondary N) is 1. The molecule has 4 rings (SSSR count). The summed E-state index contributed by atoms with van der Waals surface area (Å²) in [7, 11) is 3.09. The standard InChI is InChI=1S/C24H29N5O5/c1-4-34-23(31)20-21(17-9-8-16(32-2)15-18(17)33-3)26-24(27-22(20)30)29-13-11-28(12-14-29)19-7-5-6-10-25-19/h5-10,15,20-21H,4,11-14H2,1-3H3,(H,26,27,30)/t20-,21+/m1/s1. The summed E-state index contributed by atoms with van der Waals surface area (Å²) in [5.41, 5.74) is 0.612. The number of aromatic nitrogens is 1. The Bertz CT molecular complexity index is 1050. The van der Waals surface area contributed by atoms with Crippen molar-refractivity contribution in [3.63, 3.8) is 0 Å². The van der Waals surface area contributed by atoms with Crippen LogP contribution in [0.15, 0.2) is 47.6 Å². The van der Waals surface area contributed by atoms with Gasteiger partial charge in [0.25, 0.3) is 0 Å². The van der Waals surface area contributed by atoms with Crippen LogP contribution in [-0.4, -0.2) is 74.7 Å². The van der Waals surface area contributed by atoms with Gasteiger partial charge in [-0.3, -0.25) is 14.9 Å². The molecule has 2 aliphatic rings. The number of nitrogens with zero attached hydrogens (tertiary/aromatic N) is 4. The summed E-state index contributed by atoms with van der Waals surface area (Å²) in [6.07, 6.45) is 1.77. The van der Waals surface area contributed by atoms with E-state index >= 15 is 0 Å². The maximum Gasteiger partial charge on any atom is 0.321 e. The lowest BCUT2D eigenvalue weighted by Crippen LogP contribution is -2.57. The van der Waals surface area contributed by atoms with E-state index in [-0.39, 0.29) is 6.61 Å². The molecule has 0 unspecified atom stereocenters. The predicted octanol–water partition coefficient (Wildman–Crippen LogP) is 1.63. The first kappa shape index (κ1) is 23.3. The lowest BCUT2D eigenvalue weighted by Gasteiger charge is -2.39. The summed E-state index contributed by atoms with van der Waals surface area (Å²) in [5, 5.41) is 2.83. The van der Waals surface area contributed by atoms with Crippen molar-refractivity contribution in [1.82, 2.24) is 15.2 Å². The molecule has 1 saturated heterocycles. The number of piperazine rings is 1. The number of hydrogen-bond donors (Lipinski definition) is 1. The number of anilines is 1. The molecular weight excluding hydrogens is 438 g/mol. The van der Waals surface area contributed by atoms with E-state index in [0.29, 0.717) is 36.1 Å². The summed E-state index contributed by atoms with van der Waals surface area (Å²) in [5.74, 6) is 0.249. The average molecular weight is 468 g/mol.